The number of urea groups is 1. The number of aromatic amines is 1. The molecule has 3 aromatic rings. The van der Waals surface area contributed by atoms with Crippen molar-refractivity contribution in [2.24, 2.45) is 0 Å². The molecule has 2 heterocycles. The Morgan fingerprint density at radius 1 is 1.19 bits per heavy atom. The summed E-state index contributed by atoms with van der Waals surface area (Å²) in [6.45, 7) is 5.44. The summed E-state index contributed by atoms with van der Waals surface area (Å²) in [5, 5.41) is 5.71. The molecule has 0 saturated carbocycles. The summed E-state index contributed by atoms with van der Waals surface area (Å²) in [5.74, 6) is 1.34. The molecule has 0 aliphatic carbocycles. The molecule has 2 aromatic carbocycles. The molecule has 3 N–H and O–H groups in total. The molecule has 1 aromatic heterocycles. The maximum atomic E-state index is 14.9. The maximum Gasteiger partial charge on any atom is 0.410 e. The van der Waals surface area contributed by atoms with Crippen LogP contribution in [-0.2, 0) is 11.2 Å². The highest BCUT2D eigenvalue weighted by Gasteiger charge is 2.35. The van der Waals surface area contributed by atoms with E-state index in [-0.39, 0.29) is 13.0 Å². The number of H-pyrrole nitrogens is 1. The van der Waals surface area contributed by atoms with Gasteiger partial charge in [0.25, 0.3) is 0 Å². The van der Waals surface area contributed by atoms with Crippen molar-refractivity contribution in [2.45, 2.75) is 57.5 Å². The van der Waals surface area contributed by atoms with Crippen LogP contribution in [0, 0.1) is 0 Å². The number of hydrogen-bond acceptors (Lipinski definition) is 5. The third kappa shape index (κ3) is 6.90. The first kappa shape index (κ1) is 26.2. The van der Waals surface area contributed by atoms with E-state index in [2.05, 4.69) is 20.6 Å². The van der Waals surface area contributed by atoms with Crippen molar-refractivity contribution in [3.63, 3.8) is 0 Å². The minimum Gasteiger partial charge on any atom is -0.497 e. The van der Waals surface area contributed by atoms with Gasteiger partial charge in [-0.15, -0.1) is 0 Å². The van der Waals surface area contributed by atoms with E-state index >= 15 is 0 Å². The number of halogens is 1. The Kier molecular flexibility index (Phi) is 7.85. The second-order valence-electron chi connectivity index (χ2n) is 10.2. The van der Waals surface area contributed by atoms with Crippen molar-refractivity contribution in [3.05, 3.63) is 59.9 Å². The predicted molar refractivity (Wildman–Crippen MR) is 138 cm³/mol. The number of carbonyl (C=O) groups is 2. The summed E-state index contributed by atoms with van der Waals surface area (Å²) in [6.07, 6.45) is -1.23. The fourth-order valence-corrected chi connectivity index (χ4v) is 4.28. The van der Waals surface area contributed by atoms with Crippen molar-refractivity contribution >= 4 is 23.2 Å². The van der Waals surface area contributed by atoms with Crippen LogP contribution in [0.25, 0.3) is 11.0 Å². The van der Waals surface area contributed by atoms with Gasteiger partial charge < -0.3 is 30.0 Å². The van der Waals surface area contributed by atoms with Gasteiger partial charge in [0.1, 0.15) is 23.3 Å². The quantitative estimate of drug-likeness (QED) is 0.452. The molecule has 198 valence electrons. The van der Waals surface area contributed by atoms with Crippen molar-refractivity contribution in [1.82, 2.24) is 25.5 Å². The zero-order chi connectivity index (χ0) is 26.6. The van der Waals surface area contributed by atoms with Gasteiger partial charge >= 0.3 is 12.1 Å². The number of ether oxygens (including phenoxy) is 2. The molecular weight excluding hydrogens is 477 g/mol. The average Bonchev–Trinajstić information content (AvgIpc) is 3.28. The van der Waals surface area contributed by atoms with Crippen LogP contribution < -0.4 is 15.4 Å². The molecule has 4 rings (SSSR count). The number of imidazole rings is 1. The minimum absolute atomic E-state index is 0.140. The first-order chi connectivity index (χ1) is 17.6. The number of benzene rings is 2. The van der Waals surface area contributed by atoms with Crippen molar-refractivity contribution in [2.75, 3.05) is 20.2 Å². The van der Waals surface area contributed by atoms with Crippen molar-refractivity contribution in [1.29, 1.82) is 0 Å². The van der Waals surface area contributed by atoms with E-state index in [0.717, 1.165) is 22.3 Å². The Morgan fingerprint density at radius 3 is 2.57 bits per heavy atom. The highest BCUT2D eigenvalue weighted by atomic mass is 19.1. The molecule has 1 fully saturated rings. The number of fused-ring (bicyclic) bond motifs is 1. The topological polar surface area (TPSA) is 109 Å². The summed E-state index contributed by atoms with van der Waals surface area (Å²) in [4.78, 5) is 34.6. The van der Waals surface area contributed by atoms with Crippen molar-refractivity contribution < 1.29 is 23.5 Å². The van der Waals surface area contributed by atoms with E-state index in [1.54, 1.807) is 27.9 Å². The minimum atomic E-state index is -1.42. The van der Waals surface area contributed by atoms with Gasteiger partial charge in [0.05, 0.1) is 36.8 Å². The van der Waals surface area contributed by atoms with E-state index in [1.807, 2.05) is 48.5 Å². The molecule has 0 spiro atoms. The van der Waals surface area contributed by atoms with Crippen LogP contribution in [0.3, 0.4) is 0 Å². The second-order valence-corrected chi connectivity index (χ2v) is 10.2. The Bertz CT molecular complexity index is 1190. The molecule has 1 aliphatic rings. The third-order valence-corrected chi connectivity index (χ3v) is 6.15. The summed E-state index contributed by atoms with van der Waals surface area (Å²) in [6, 6.07) is 13.5. The summed E-state index contributed by atoms with van der Waals surface area (Å²) in [7, 11) is 1.61. The van der Waals surface area contributed by atoms with E-state index in [4.69, 9.17) is 9.47 Å². The zero-order valence-electron chi connectivity index (χ0n) is 21.6. The van der Waals surface area contributed by atoms with Gasteiger partial charge in [-0.1, -0.05) is 24.3 Å². The van der Waals surface area contributed by atoms with Crippen LogP contribution in [-0.4, -0.2) is 65.0 Å². The van der Waals surface area contributed by atoms with Crippen LogP contribution in [0.4, 0.5) is 14.0 Å². The number of likely N-dealkylation sites (tertiary alicyclic amines) is 1. The first-order valence-electron chi connectivity index (χ1n) is 12.4. The highest BCUT2D eigenvalue weighted by Crippen LogP contribution is 2.22. The second kappa shape index (κ2) is 11.1. The fraction of sp³-hybridized carbons (Fsp3) is 0.444. The number of nitrogens with one attached hydrogen (secondary N) is 3. The average molecular weight is 512 g/mol. The molecule has 0 radical (unpaired) electrons. The molecule has 37 heavy (non-hydrogen) atoms. The van der Waals surface area contributed by atoms with Crippen molar-refractivity contribution in [3.8, 4) is 5.75 Å². The van der Waals surface area contributed by atoms with Gasteiger partial charge in [0.15, 0.2) is 0 Å². The van der Waals surface area contributed by atoms with Gasteiger partial charge in [0, 0.05) is 6.54 Å². The number of alkyl halides is 1. The number of piperidine rings is 1. The lowest BCUT2D eigenvalue weighted by Gasteiger charge is -2.36. The standard InChI is InChI=1S/C27H34FN5O4/c1-27(2,3)37-26(35)33-14-13-20(19(28)16-33)31-25(34)32-23(15-17-9-11-18(36-4)12-10-17)24-29-21-7-5-6-8-22(21)30-24/h5-12,19-20,23H,13-16H2,1-4H3,(H,29,30)(H2,31,32,34)/t19?,20?,23-/m1/s1. The number of nitrogens with zero attached hydrogens (tertiary/aromatic N) is 2. The number of para-hydroxylation sites is 2. The van der Waals surface area contributed by atoms with Gasteiger partial charge in [-0.25, -0.2) is 19.0 Å². The molecule has 10 heteroatoms. The van der Waals surface area contributed by atoms with Crippen LogP contribution in [0.2, 0.25) is 0 Å². The predicted octanol–water partition coefficient (Wildman–Crippen LogP) is 4.50. The fourth-order valence-electron chi connectivity index (χ4n) is 4.28. The number of carbonyl (C=O) groups excluding carboxylic acids is 2. The summed E-state index contributed by atoms with van der Waals surface area (Å²) < 4.78 is 25.5. The van der Waals surface area contributed by atoms with Gasteiger partial charge in [0.2, 0.25) is 0 Å². The SMILES string of the molecule is COc1ccc(C[C@@H](NC(=O)NC2CCN(C(=O)OC(C)(C)C)CC2F)c2nc3ccccc3[nH]2)cc1. The Morgan fingerprint density at radius 2 is 1.92 bits per heavy atom. The van der Waals surface area contributed by atoms with E-state index in [9.17, 15) is 14.0 Å². The monoisotopic (exact) mass is 511 g/mol. The number of aromatic nitrogens is 2. The molecular formula is C27H34FN5O4. The third-order valence-electron chi connectivity index (χ3n) is 6.15. The lowest BCUT2D eigenvalue weighted by atomic mass is 10.0. The maximum absolute atomic E-state index is 14.9. The Labute approximate surface area is 215 Å². The summed E-state index contributed by atoms with van der Waals surface area (Å²) in [5.41, 5.74) is 1.96. The van der Waals surface area contributed by atoms with Crippen LogP contribution in [0.5, 0.6) is 5.75 Å². The lowest BCUT2D eigenvalue weighted by Crippen LogP contribution is -2.56. The van der Waals surface area contributed by atoms with Gasteiger partial charge in [-0.2, -0.15) is 0 Å². The lowest BCUT2D eigenvalue weighted by molar-refractivity contribution is 0.0102. The number of rotatable bonds is 6. The molecule has 3 atom stereocenters. The van der Waals surface area contributed by atoms with Gasteiger partial charge in [-0.3, -0.25) is 0 Å². The van der Waals surface area contributed by atoms with Crippen LogP contribution in [0.1, 0.15) is 44.6 Å². The largest absolute Gasteiger partial charge is 0.497 e. The molecule has 1 aliphatic heterocycles. The zero-order valence-corrected chi connectivity index (χ0v) is 21.6. The van der Waals surface area contributed by atoms with Gasteiger partial charge in [-0.05, 0) is 63.4 Å². The van der Waals surface area contributed by atoms with Crippen LogP contribution in [0.15, 0.2) is 48.5 Å². The number of methoxy groups -OCH3 is 1. The number of hydrogen-bond donors (Lipinski definition) is 3. The molecule has 3 amide bonds. The molecule has 2 unspecified atom stereocenters. The normalized spacial score (nSPS) is 18.8. The molecule has 0 bridgehead atoms. The van der Waals surface area contributed by atoms with Crippen LogP contribution >= 0.6 is 0 Å². The van der Waals surface area contributed by atoms with E-state index in [0.29, 0.717) is 18.8 Å². The first-order valence-corrected chi connectivity index (χ1v) is 12.4. The molecule has 1 saturated heterocycles. The Hall–Kier alpha value is -3.82. The number of amides is 3. The van der Waals surface area contributed by atoms with E-state index in [1.165, 1.54) is 4.90 Å². The highest BCUT2D eigenvalue weighted by molar-refractivity contribution is 5.77. The summed E-state index contributed by atoms with van der Waals surface area (Å²) >= 11 is 0. The Balaban J connectivity index is 1.43. The van der Waals surface area contributed by atoms with E-state index < -0.39 is 36.0 Å². The smallest absolute Gasteiger partial charge is 0.410 e. The molecule has 9 nitrogen and oxygen atoms in total.